The van der Waals surface area contributed by atoms with Crippen molar-refractivity contribution >= 4 is 16.8 Å². The molecule has 2 aromatic heterocycles. The fraction of sp³-hybridized carbons (Fsp3) is 0.200. The van der Waals surface area contributed by atoms with Gasteiger partial charge in [0, 0.05) is 60.8 Å². The van der Waals surface area contributed by atoms with Gasteiger partial charge in [0.1, 0.15) is 6.61 Å². The molecule has 0 fully saturated rings. The molecule has 0 aliphatic rings. The third kappa shape index (κ3) is 7.46. The molecule has 0 saturated heterocycles. The molecule has 6 aromatic rings. The average Bonchev–Trinajstić information content (AvgIpc) is 3.46. The van der Waals surface area contributed by atoms with Gasteiger partial charge in [-0.2, -0.15) is 0 Å². The van der Waals surface area contributed by atoms with Gasteiger partial charge in [0.2, 0.25) is 5.91 Å². The molecular weight excluding hydrogens is 570 g/mol. The number of aromatic nitrogens is 2. The molecular formula is C40H39N3O3. The van der Waals surface area contributed by atoms with E-state index in [1.807, 2.05) is 66.7 Å². The van der Waals surface area contributed by atoms with Gasteiger partial charge in [-0.1, -0.05) is 90.5 Å². The van der Waals surface area contributed by atoms with Crippen LogP contribution in [0, 0.1) is 6.92 Å². The molecule has 0 unspecified atom stereocenters. The Morgan fingerprint density at radius 1 is 0.848 bits per heavy atom. The largest absolute Gasteiger partial charge is 0.493 e. The zero-order valence-corrected chi connectivity index (χ0v) is 26.4. The predicted octanol–water partition coefficient (Wildman–Crippen LogP) is 7.86. The second-order valence-electron chi connectivity index (χ2n) is 11.6. The number of amides is 1. The third-order valence-electron chi connectivity index (χ3n) is 8.31. The molecule has 1 N–H and O–H groups in total. The quantitative estimate of drug-likeness (QED) is 0.145. The fourth-order valence-electron chi connectivity index (χ4n) is 5.87. The van der Waals surface area contributed by atoms with Crippen molar-refractivity contribution in [1.29, 1.82) is 0 Å². The number of nitrogens with one attached hydrogen (secondary N) is 1. The SMILES string of the molecule is COc1ccc([C@@H](CC(=O)NCCc2ccccn2)c2cn(Cc3ccc(C)cc3)c3ccccc23)cc1OCc1ccccc1. The highest BCUT2D eigenvalue weighted by Crippen LogP contribution is 2.39. The average molecular weight is 610 g/mol. The Balaban J connectivity index is 1.34. The maximum absolute atomic E-state index is 13.6. The summed E-state index contributed by atoms with van der Waals surface area (Å²) in [6.07, 6.45) is 4.95. The summed E-state index contributed by atoms with van der Waals surface area (Å²) in [6.45, 7) is 3.77. The summed E-state index contributed by atoms with van der Waals surface area (Å²) < 4.78 is 14.3. The molecule has 6 rings (SSSR count). The zero-order valence-electron chi connectivity index (χ0n) is 26.4. The Kier molecular flexibility index (Phi) is 9.74. The first-order chi connectivity index (χ1) is 22.6. The molecule has 0 spiro atoms. The Labute approximate surface area is 270 Å². The molecule has 2 heterocycles. The van der Waals surface area contributed by atoms with Crippen LogP contribution in [0.5, 0.6) is 11.5 Å². The lowest BCUT2D eigenvalue weighted by molar-refractivity contribution is -0.121. The molecule has 0 radical (unpaired) electrons. The van der Waals surface area contributed by atoms with E-state index in [1.54, 1.807) is 13.3 Å². The standard InChI is InChI=1S/C40H39N3O3/c1-29-15-17-30(18-16-29)26-43-27-36(34-13-6-7-14-37(34)43)35(25-40(44)42-23-21-33-12-8-9-22-41-33)32-19-20-38(45-2)39(24-32)46-28-31-10-4-3-5-11-31/h3-20,22,24,27,35H,21,23,25-26,28H2,1-2H3,(H,42,44)/t35-/m1/s1. The van der Waals surface area contributed by atoms with Crippen molar-refractivity contribution < 1.29 is 14.3 Å². The second kappa shape index (κ2) is 14.6. The first-order valence-electron chi connectivity index (χ1n) is 15.7. The van der Waals surface area contributed by atoms with Gasteiger partial charge >= 0.3 is 0 Å². The smallest absolute Gasteiger partial charge is 0.220 e. The molecule has 0 aliphatic carbocycles. The minimum absolute atomic E-state index is 0.0149. The number of methoxy groups -OCH3 is 1. The van der Waals surface area contributed by atoms with Crippen molar-refractivity contribution in [3.63, 3.8) is 0 Å². The van der Waals surface area contributed by atoms with E-state index < -0.39 is 0 Å². The predicted molar refractivity (Wildman–Crippen MR) is 183 cm³/mol. The summed E-state index contributed by atoms with van der Waals surface area (Å²) in [4.78, 5) is 18.0. The molecule has 1 amide bonds. The Morgan fingerprint density at radius 2 is 1.63 bits per heavy atom. The van der Waals surface area contributed by atoms with Gasteiger partial charge < -0.3 is 19.4 Å². The zero-order chi connectivity index (χ0) is 31.7. The lowest BCUT2D eigenvalue weighted by Gasteiger charge is -2.20. The molecule has 1 atom stereocenters. The van der Waals surface area contributed by atoms with Gasteiger partial charge in [0.15, 0.2) is 11.5 Å². The highest BCUT2D eigenvalue weighted by atomic mass is 16.5. The number of para-hydroxylation sites is 1. The monoisotopic (exact) mass is 609 g/mol. The number of rotatable bonds is 13. The maximum Gasteiger partial charge on any atom is 0.220 e. The molecule has 6 heteroatoms. The normalized spacial score (nSPS) is 11.7. The Bertz CT molecular complexity index is 1880. The third-order valence-corrected chi connectivity index (χ3v) is 8.31. The van der Waals surface area contributed by atoms with E-state index in [-0.39, 0.29) is 18.2 Å². The van der Waals surface area contributed by atoms with E-state index in [0.717, 1.165) is 39.8 Å². The molecule has 0 saturated carbocycles. The Morgan fingerprint density at radius 3 is 2.41 bits per heavy atom. The minimum atomic E-state index is -0.219. The van der Waals surface area contributed by atoms with Gasteiger partial charge in [-0.15, -0.1) is 0 Å². The minimum Gasteiger partial charge on any atom is -0.493 e. The number of hydrogen-bond acceptors (Lipinski definition) is 4. The van der Waals surface area contributed by atoms with Crippen LogP contribution in [-0.2, 0) is 24.4 Å². The van der Waals surface area contributed by atoms with Gasteiger partial charge in [-0.3, -0.25) is 9.78 Å². The number of carbonyl (C=O) groups excluding carboxylic acids is 1. The number of ether oxygens (including phenoxy) is 2. The summed E-state index contributed by atoms with van der Waals surface area (Å²) in [5, 5.41) is 4.27. The number of carbonyl (C=O) groups is 1. The number of fused-ring (bicyclic) bond motifs is 1. The van der Waals surface area contributed by atoms with E-state index >= 15 is 0 Å². The summed E-state index contributed by atoms with van der Waals surface area (Å²) >= 11 is 0. The maximum atomic E-state index is 13.6. The first-order valence-corrected chi connectivity index (χ1v) is 15.7. The molecule has 232 valence electrons. The summed E-state index contributed by atoms with van der Waals surface area (Å²) in [7, 11) is 1.65. The van der Waals surface area contributed by atoms with Crippen molar-refractivity contribution in [3.05, 3.63) is 161 Å². The van der Waals surface area contributed by atoms with Gasteiger partial charge in [0.25, 0.3) is 0 Å². The van der Waals surface area contributed by atoms with Crippen LogP contribution < -0.4 is 14.8 Å². The van der Waals surface area contributed by atoms with E-state index in [0.29, 0.717) is 31.1 Å². The lowest BCUT2D eigenvalue weighted by atomic mass is 9.87. The number of hydrogen-bond donors (Lipinski definition) is 1. The first kappa shape index (κ1) is 30.7. The number of benzene rings is 4. The van der Waals surface area contributed by atoms with Crippen LogP contribution in [0.4, 0.5) is 0 Å². The molecule has 4 aromatic carbocycles. The summed E-state index contributed by atoms with van der Waals surface area (Å²) in [5.41, 5.74) is 7.70. The van der Waals surface area contributed by atoms with Crippen LogP contribution in [0.25, 0.3) is 10.9 Å². The van der Waals surface area contributed by atoms with Crippen molar-refractivity contribution in [2.75, 3.05) is 13.7 Å². The van der Waals surface area contributed by atoms with Crippen LogP contribution in [0.2, 0.25) is 0 Å². The van der Waals surface area contributed by atoms with E-state index in [2.05, 4.69) is 76.5 Å². The van der Waals surface area contributed by atoms with Gasteiger partial charge in [0.05, 0.1) is 7.11 Å². The number of pyridine rings is 1. The number of aryl methyl sites for hydroxylation is 1. The summed E-state index contributed by atoms with van der Waals surface area (Å²) in [5.74, 6) is 1.07. The van der Waals surface area contributed by atoms with Crippen LogP contribution in [0.3, 0.4) is 0 Å². The lowest BCUT2D eigenvalue weighted by Crippen LogP contribution is -2.27. The number of nitrogens with zero attached hydrogens (tertiary/aromatic N) is 2. The molecule has 6 nitrogen and oxygen atoms in total. The van der Waals surface area contributed by atoms with E-state index in [4.69, 9.17) is 9.47 Å². The van der Waals surface area contributed by atoms with E-state index in [9.17, 15) is 4.79 Å². The van der Waals surface area contributed by atoms with Crippen LogP contribution >= 0.6 is 0 Å². The highest BCUT2D eigenvalue weighted by Gasteiger charge is 2.24. The van der Waals surface area contributed by atoms with Crippen molar-refractivity contribution in [2.24, 2.45) is 0 Å². The van der Waals surface area contributed by atoms with Crippen molar-refractivity contribution in [3.8, 4) is 11.5 Å². The Hall–Kier alpha value is -5.36. The van der Waals surface area contributed by atoms with Crippen molar-refractivity contribution in [2.45, 2.75) is 38.8 Å². The van der Waals surface area contributed by atoms with Crippen LogP contribution in [0.15, 0.2) is 128 Å². The van der Waals surface area contributed by atoms with Crippen LogP contribution in [-0.4, -0.2) is 29.1 Å². The fourth-order valence-corrected chi connectivity index (χ4v) is 5.87. The van der Waals surface area contributed by atoms with Gasteiger partial charge in [-0.25, -0.2) is 0 Å². The molecule has 0 bridgehead atoms. The topological polar surface area (TPSA) is 65.4 Å². The van der Waals surface area contributed by atoms with Crippen molar-refractivity contribution in [1.82, 2.24) is 14.9 Å². The summed E-state index contributed by atoms with van der Waals surface area (Å²) in [6, 6.07) is 39.0. The second-order valence-corrected chi connectivity index (χ2v) is 11.6. The molecule has 0 aliphatic heterocycles. The van der Waals surface area contributed by atoms with Crippen LogP contribution in [0.1, 0.15) is 45.8 Å². The van der Waals surface area contributed by atoms with Gasteiger partial charge in [-0.05, 0) is 59.5 Å². The highest BCUT2D eigenvalue weighted by molar-refractivity contribution is 5.87. The molecule has 46 heavy (non-hydrogen) atoms. The van der Waals surface area contributed by atoms with E-state index in [1.165, 1.54) is 11.1 Å².